The number of aliphatic hydroxyl groups is 1. The highest BCUT2D eigenvalue weighted by atomic mass is 32.2. The maximum atomic E-state index is 13.0. The summed E-state index contributed by atoms with van der Waals surface area (Å²) in [4.78, 5) is 78.2. The van der Waals surface area contributed by atoms with Crippen molar-refractivity contribution in [2.24, 2.45) is 5.73 Å². The lowest BCUT2D eigenvalue weighted by Gasteiger charge is -2.11. The molecule has 0 fully saturated rings. The number of urea groups is 1. The first-order valence-electron chi connectivity index (χ1n) is 43.9. The number of ether oxygens (including phenoxy) is 4. The van der Waals surface area contributed by atoms with Crippen LogP contribution in [0.5, 0.6) is 17.2 Å². The number of hydrogen-bond acceptors (Lipinski definition) is 36. The molecule has 0 saturated heterocycles. The third kappa shape index (κ3) is 27.7. The second-order valence-corrected chi connectivity index (χ2v) is 45.9. The number of nitrogens with one attached hydrogen (secondary N) is 2. The molecule has 14 N–H and O–H groups in total. The zero-order valence-corrected chi connectivity index (χ0v) is 86.9. The highest BCUT2D eigenvalue weighted by Gasteiger charge is 2.28. The average molecular weight is 2110 g/mol. The molecule has 0 bridgehead atoms. The number of aromatic nitrogens is 8. The van der Waals surface area contributed by atoms with E-state index in [4.69, 9.17) is 77.6 Å². The Kier molecular flexibility index (Phi) is 39.7. The van der Waals surface area contributed by atoms with Gasteiger partial charge in [-0.05, 0) is 151 Å². The monoisotopic (exact) mass is 2110 g/mol. The molecule has 12 heterocycles. The highest BCUT2D eigenvalue weighted by molar-refractivity contribution is 7.88. The minimum atomic E-state index is -2.81. The Bertz CT molecular complexity index is 6840. The third-order valence-corrected chi connectivity index (χ3v) is 35.8. The second-order valence-electron chi connectivity index (χ2n) is 30.6. The van der Waals surface area contributed by atoms with E-state index < -0.39 is 51.5 Å². The summed E-state index contributed by atoms with van der Waals surface area (Å²) in [6.45, 7) is 10.5. The standard InChI is InChI=1S/C26H30N4O4S3.C24H27N5O3S3.C22H24N4O2S3.C22H22N3O6PS3/c1-4-5-14-37(32)26-23(27)22-19(15-20(29-25(22)36-26)24-28-10-13-35-24)17-6-8-18(9-7-17)33-11-12-34-21(31)16-30(2)3;1-2-3-12-35(32)23-20(25)19-17(13-18(29-22(19)34-23)21-26-9-11-33-21)16-6-4-15(5-7-16)14-28-24(31)27-8-10-30;1-2-3-12-31(27)22-19(24)18-16(14-4-6-15(7-5-14)28-10-8-23)13-17(26-21(18)30-22)20-25-9-11-29-20;1-2-3-12-35(28)22-19(23)18-16(13-17(25-21(18)34-22)20-24-8-11-33-20)14-4-6-15(7-5-14)29-9-10-30-31-32(26)27/h6-10,13,15H,4-5,11-12,14,16,27H2,1-3H3;4-7,9,11,13,30H,2-3,8,10,12,14,25H2,1H3,(H2,27,28,31);4-7,9,11,13H,2-3,8,10,12,23-24H2,1H3;4-8,11,13H,2-3,9-10,12,23H2,1H3/p+1. The van der Waals surface area contributed by atoms with Crippen LogP contribution < -0.4 is 53.5 Å². The van der Waals surface area contributed by atoms with Gasteiger partial charge in [-0.25, -0.2) is 44.7 Å². The summed E-state index contributed by atoms with van der Waals surface area (Å²) >= 11 is 11.6. The predicted octanol–water partition coefficient (Wildman–Crippen LogP) is 19.9. The number of thiazole rings is 4. The van der Waals surface area contributed by atoms with Crippen molar-refractivity contribution in [2.45, 2.75) is 102 Å². The normalized spacial score (nSPS) is 12.3. The van der Waals surface area contributed by atoms with Gasteiger partial charge in [0.1, 0.15) is 129 Å². The molecule has 0 saturated carbocycles. The number of hydrogen-bond donors (Lipinski definition) is 9. The van der Waals surface area contributed by atoms with Crippen molar-refractivity contribution >= 4 is 218 Å². The van der Waals surface area contributed by atoms with Crippen molar-refractivity contribution < 1.29 is 69.5 Å². The van der Waals surface area contributed by atoms with Gasteiger partial charge in [0.25, 0.3) is 0 Å². The van der Waals surface area contributed by atoms with Crippen molar-refractivity contribution in [3.63, 3.8) is 0 Å². The average Bonchev–Trinajstić information content (AvgIpc) is 1.62. The molecular formula is C94H104N16O15PS12+. The lowest BCUT2D eigenvalue weighted by molar-refractivity contribution is -0.211. The number of amides is 2. The first-order chi connectivity index (χ1) is 67.0. The fourth-order valence-electron chi connectivity index (χ4n) is 13.8. The molecule has 0 spiro atoms. The molecule has 0 aliphatic heterocycles. The van der Waals surface area contributed by atoms with Crippen molar-refractivity contribution in [1.82, 2.24) is 55.4 Å². The highest BCUT2D eigenvalue weighted by Crippen LogP contribution is 2.49. The topological polar surface area (TPSA) is 476 Å². The number of carbonyl (C=O) groups excluding carboxylic acids is 2. The van der Waals surface area contributed by atoms with E-state index in [1.165, 1.54) is 90.7 Å². The summed E-state index contributed by atoms with van der Waals surface area (Å²) in [5.41, 5.74) is 45.2. The molecule has 31 nitrogen and oxygen atoms in total. The Morgan fingerprint density at radius 3 is 1.04 bits per heavy atom. The molecule has 138 heavy (non-hydrogen) atoms. The Labute approximate surface area is 840 Å². The van der Waals surface area contributed by atoms with Crippen molar-refractivity contribution in [2.75, 3.05) is 119 Å². The van der Waals surface area contributed by atoms with Crippen LogP contribution in [-0.2, 0) is 73.4 Å². The first-order valence-corrected chi connectivity index (χ1v) is 57.1. The van der Waals surface area contributed by atoms with Gasteiger partial charge in [0.15, 0.2) is 0 Å². The molecule has 12 aromatic heterocycles. The van der Waals surface area contributed by atoms with E-state index in [0.29, 0.717) is 93.8 Å². The van der Waals surface area contributed by atoms with Crippen LogP contribution in [0.15, 0.2) is 184 Å². The molecule has 5 atom stereocenters. The summed E-state index contributed by atoms with van der Waals surface area (Å²) in [6, 6.07) is 38.4. The molecule has 0 aliphatic rings. The van der Waals surface area contributed by atoms with Gasteiger partial charge >= 0.3 is 20.3 Å². The van der Waals surface area contributed by atoms with Crippen LogP contribution in [0.1, 0.15) is 84.6 Å². The molecule has 44 heteroatoms. The van der Waals surface area contributed by atoms with Gasteiger partial charge in [0.05, 0.1) is 83.8 Å². The quantitative estimate of drug-likeness (QED) is 0.00563. The maximum absolute atomic E-state index is 13.0. The molecule has 4 aromatic carbocycles. The lowest BCUT2D eigenvalue weighted by atomic mass is 10.0. The van der Waals surface area contributed by atoms with Gasteiger partial charge < -0.3 is 63.4 Å². The summed E-state index contributed by atoms with van der Waals surface area (Å²) in [6.07, 6.45) is 14.4. The lowest BCUT2D eigenvalue weighted by Crippen LogP contribution is -2.36. The van der Waals surface area contributed by atoms with Crippen molar-refractivity contribution in [3.05, 3.63) is 173 Å². The molecule has 0 aliphatic carbocycles. The van der Waals surface area contributed by atoms with E-state index in [-0.39, 0.29) is 58.1 Å². The number of esters is 1. The van der Waals surface area contributed by atoms with Gasteiger partial charge in [-0.1, -0.05) is 114 Å². The predicted molar refractivity (Wildman–Crippen MR) is 566 cm³/mol. The number of fused-ring (bicyclic) bond motifs is 4. The van der Waals surface area contributed by atoms with E-state index in [1.807, 2.05) is 145 Å². The number of aliphatic hydroxyl groups excluding tert-OH is 1. The number of benzene rings is 4. The molecule has 2 amide bonds. The summed E-state index contributed by atoms with van der Waals surface area (Å²) in [5, 5.41) is 28.3. The Morgan fingerprint density at radius 1 is 0.442 bits per heavy atom. The molecule has 16 aromatic rings. The Balaban J connectivity index is 0.000000156. The molecule has 16 rings (SSSR count). The largest absolute Gasteiger partial charge is 0.725 e. The Morgan fingerprint density at radius 2 is 0.754 bits per heavy atom. The summed E-state index contributed by atoms with van der Waals surface area (Å²) in [7, 11) is -3.84. The zero-order chi connectivity index (χ0) is 97.7. The first kappa shape index (κ1) is 105. The third-order valence-electron chi connectivity index (χ3n) is 20.4. The summed E-state index contributed by atoms with van der Waals surface area (Å²) in [5.74, 6) is 4.07. The number of likely N-dealkylation sites (N-methyl/N-ethyl adjacent to an activating group) is 1. The van der Waals surface area contributed by atoms with E-state index >= 15 is 0 Å². The van der Waals surface area contributed by atoms with Gasteiger partial charge in [-0.3, -0.25) is 26.5 Å². The van der Waals surface area contributed by atoms with Crippen LogP contribution in [0.25, 0.3) is 128 Å². The number of anilines is 4. The van der Waals surface area contributed by atoms with Crippen molar-refractivity contribution in [3.8, 4) is 105 Å². The number of thiophene rings is 4. The van der Waals surface area contributed by atoms with Gasteiger partial charge in [0, 0.05) is 115 Å². The van der Waals surface area contributed by atoms with Crippen LogP contribution in [0, 0.1) is 0 Å². The number of rotatable bonds is 43. The van der Waals surface area contributed by atoms with Gasteiger partial charge in [0.2, 0.25) is 0 Å². The number of nitrogen functional groups attached to an aromatic ring is 4. The molecular weight excluding hydrogens is 2010 g/mol. The number of carbonyl (C=O) groups is 2. The van der Waals surface area contributed by atoms with Crippen LogP contribution in [0.3, 0.4) is 0 Å². The maximum Gasteiger partial charge on any atom is 0.725 e. The van der Waals surface area contributed by atoms with Crippen LogP contribution in [0.2, 0.25) is 0 Å². The number of pyridine rings is 4. The molecule has 0 radical (unpaired) electrons. The molecule has 726 valence electrons. The van der Waals surface area contributed by atoms with Crippen LogP contribution in [0.4, 0.5) is 27.5 Å². The van der Waals surface area contributed by atoms with Crippen LogP contribution >= 0.6 is 98.9 Å². The number of nitrogens with zero attached hydrogens (tertiary/aromatic N) is 9. The SMILES string of the molecule is CCCCS(=O)c1sc2nc(-c3nccs3)cc(-c3ccc(CNC(=O)NCCO)cc3)c2c1N.CCCCS(=O)c1sc2nc(-c3nccs3)cc(-c3ccc(OCCN)cc3)c2c1N.CCCCS(=O)c1sc2nc(-c3nccs3)cc(-c3ccc(OCCOC(=O)CN(C)C)cc3)c2c1N.CCCCS(=O)c1sc2nc(-c3nccs3)cc(-c3ccc(OCCOO[P+](=O)O)cc3)c2c1N. The fraction of sp³-hybridized carbons (Fsp3) is 0.298. The Hall–Kier alpha value is -10.4. The van der Waals surface area contributed by atoms with E-state index in [0.717, 1.165) is 191 Å². The van der Waals surface area contributed by atoms with Gasteiger partial charge in [-0.15, -0.1) is 95.6 Å². The smallest absolute Gasteiger partial charge is 0.492 e. The minimum Gasteiger partial charge on any atom is -0.492 e. The number of unbranched alkanes of at least 4 members (excludes halogenated alkanes) is 4. The fourth-order valence-corrected chi connectivity index (χ4v) is 27.5. The van der Waals surface area contributed by atoms with Gasteiger partial charge in [-0.2, -0.15) is 4.89 Å². The second kappa shape index (κ2) is 52.2. The van der Waals surface area contributed by atoms with Crippen LogP contribution in [-0.4, -0.2) is 180 Å². The molecule has 5 unspecified atom stereocenters. The zero-order valence-electron chi connectivity index (χ0n) is 76.2. The van der Waals surface area contributed by atoms with Crippen molar-refractivity contribution in [1.29, 1.82) is 0 Å². The minimum absolute atomic E-state index is 0.00504. The van der Waals surface area contributed by atoms with E-state index in [2.05, 4.69) is 67.8 Å². The van der Waals surface area contributed by atoms with E-state index in [9.17, 15) is 31.0 Å². The summed E-state index contributed by atoms with van der Waals surface area (Å²) < 4.78 is 91.1. The van der Waals surface area contributed by atoms with E-state index in [1.54, 1.807) is 41.8 Å². The number of nitrogens with two attached hydrogens (primary N) is 5.